The fourth-order valence-electron chi connectivity index (χ4n) is 6.95. The summed E-state index contributed by atoms with van der Waals surface area (Å²) in [4.78, 5) is 120. The lowest BCUT2D eigenvalue weighted by Crippen LogP contribution is -2.61. The molecule has 0 aliphatic carbocycles. The molecule has 0 aliphatic rings. The summed E-state index contributed by atoms with van der Waals surface area (Å²) >= 11 is 0. The minimum absolute atomic E-state index is 0.0239. The average Bonchev–Trinajstić information content (AvgIpc) is 3.32. The van der Waals surface area contributed by atoms with Crippen LogP contribution in [0.5, 0.6) is 0 Å². The molecule has 0 heterocycles. The minimum atomic E-state index is -1.73. The maximum atomic E-state index is 14.5. The molecule has 0 fully saturated rings. The Morgan fingerprint density at radius 1 is 0.521 bits per heavy atom. The van der Waals surface area contributed by atoms with Crippen LogP contribution in [0.3, 0.4) is 0 Å². The Bertz CT molecular complexity index is 2200. The van der Waals surface area contributed by atoms with E-state index in [-0.39, 0.29) is 63.5 Å². The van der Waals surface area contributed by atoms with Gasteiger partial charge in [-0.15, -0.1) is 0 Å². The Labute approximate surface area is 423 Å². The maximum absolute atomic E-state index is 14.5. The Balaban J connectivity index is 2.57. The van der Waals surface area contributed by atoms with Gasteiger partial charge in [0.15, 0.2) is 11.9 Å². The number of hydrogen-bond donors (Lipinski definition) is 17. The van der Waals surface area contributed by atoms with Crippen LogP contribution in [0, 0.1) is 16.7 Å². The highest BCUT2D eigenvalue weighted by molar-refractivity contribution is 5.98. The van der Waals surface area contributed by atoms with Crippen molar-refractivity contribution < 1.29 is 53.4 Å². The van der Waals surface area contributed by atoms with Gasteiger partial charge in [0.25, 0.3) is 0 Å². The predicted octanol–water partition coefficient (Wildman–Crippen LogP) is -3.87. The van der Waals surface area contributed by atoms with Gasteiger partial charge >= 0.3 is 5.97 Å². The Morgan fingerprint density at radius 2 is 0.890 bits per heavy atom. The number of carbonyl (C=O) groups is 9. The summed E-state index contributed by atoms with van der Waals surface area (Å²) < 4.78 is 0. The quantitative estimate of drug-likeness (QED) is 0.0189. The molecule has 0 saturated heterocycles. The van der Waals surface area contributed by atoms with Crippen LogP contribution in [-0.2, 0) is 56.0 Å². The summed E-state index contributed by atoms with van der Waals surface area (Å²) in [7, 11) is 0. The van der Waals surface area contributed by atoms with Gasteiger partial charge in [0.1, 0.15) is 42.3 Å². The van der Waals surface area contributed by atoms with E-state index in [1.165, 1.54) is 0 Å². The van der Waals surface area contributed by atoms with Crippen LogP contribution in [0.1, 0.15) is 77.3 Å². The smallest absolute Gasteiger partial charge is 0.325 e. The topological polar surface area (TPSA) is 454 Å². The fraction of sp³-hybridized carbons (Fsp3) is 0.511. The number of carboxylic acid groups (broad SMARTS) is 1. The molecular formula is C47H73N15O11. The first-order valence-corrected chi connectivity index (χ1v) is 23.7. The molecule has 0 aliphatic heterocycles. The zero-order valence-electron chi connectivity index (χ0n) is 41.5. The number of aliphatic hydroxyl groups excluding tert-OH is 1. The number of carboxylic acids is 1. The largest absolute Gasteiger partial charge is 0.480 e. The number of nitrogens with one attached hydrogen (secondary N) is 11. The van der Waals surface area contributed by atoms with E-state index < -0.39 is 126 Å². The molecule has 2 aromatic carbocycles. The molecule has 26 heteroatoms. The second-order valence-corrected chi connectivity index (χ2v) is 17.7. The number of guanidine groups is 2. The summed E-state index contributed by atoms with van der Waals surface area (Å²) in [5.41, 5.74) is 23.7. The summed E-state index contributed by atoms with van der Waals surface area (Å²) in [6.07, 6.45) is -2.65. The number of rotatable bonds is 32. The lowest BCUT2D eigenvalue weighted by atomic mass is 10.00. The van der Waals surface area contributed by atoms with Gasteiger partial charge in [0.05, 0.1) is 12.1 Å². The average molecular weight is 1020 g/mol. The standard InChI is InChI=1S/C47H73N15O11/c1-25(2)36(49)43(70)61-34(24-29-15-9-6-10-16-29)42(69)60-33(23-28-13-7-5-8-14-28)41(68)58-31(18-12-22-55-47(52)53)38(65)57-30(17-11-21-54-46(50)51)39(66)59-32(19-20-35(48)64)40(67)62-37(27(4)63)44(71)56-26(3)45(72)73/h5-10,13-16,25-27,30-34,36-37,63H,11-12,17-24,49H2,1-4H3,(H2,48,64)(H,56,71)(H,57,65)(H,58,68)(H,59,66)(H,60,69)(H,61,70)(H,62,67)(H,72,73)(H4,50,51,54)(H4,52,53,55)/t26-,27+,30-,31-,32-,33-,34-,36-,37-/m0/s1. The predicted molar refractivity (Wildman–Crippen MR) is 268 cm³/mol. The molecule has 21 N–H and O–H groups in total. The lowest BCUT2D eigenvalue weighted by molar-refractivity contribution is -0.142. The molecule has 2 rings (SSSR count). The van der Waals surface area contributed by atoms with Gasteiger partial charge in [-0.2, -0.15) is 0 Å². The van der Waals surface area contributed by atoms with Crippen LogP contribution in [0.2, 0.25) is 0 Å². The Hall–Kier alpha value is -7.87. The van der Waals surface area contributed by atoms with Crippen LogP contribution in [-0.4, -0.2) is 143 Å². The number of aliphatic hydroxyl groups is 1. The van der Waals surface area contributed by atoms with Crippen molar-refractivity contribution in [2.75, 3.05) is 13.1 Å². The third kappa shape index (κ3) is 23.3. The monoisotopic (exact) mass is 1020 g/mol. The van der Waals surface area contributed by atoms with E-state index >= 15 is 0 Å². The van der Waals surface area contributed by atoms with Crippen molar-refractivity contribution in [1.82, 2.24) is 47.9 Å². The van der Waals surface area contributed by atoms with Gasteiger partial charge < -0.3 is 81.0 Å². The van der Waals surface area contributed by atoms with Crippen LogP contribution in [0.25, 0.3) is 0 Å². The first-order valence-electron chi connectivity index (χ1n) is 23.7. The van der Waals surface area contributed by atoms with E-state index in [9.17, 15) is 53.4 Å². The Kier molecular flexibility index (Phi) is 26.4. The van der Waals surface area contributed by atoms with Gasteiger partial charge in [-0.25, -0.2) is 0 Å². The normalized spacial score (nSPS) is 14.6. The first kappa shape index (κ1) is 61.3. The molecule has 2 aromatic rings. The second kappa shape index (κ2) is 31.5. The van der Waals surface area contributed by atoms with Crippen molar-refractivity contribution in [2.45, 2.75) is 134 Å². The second-order valence-electron chi connectivity index (χ2n) is 17.7. The van der Waals surface area contributed by atoms with Crippen LogP contribution in [0.15, 0.2) is 60.7 Å². The van der Waals surface area contributed by atoms with E-state index in [2.05, 4.69) is 47.9 Å². The highest BCUT2D eigenvalue weighted by Gasteiger charge is 2.35. The van der Waals surface area contributed by atoms with E-state index in [0.29, 0.717) is 11.1 Å². The van der Waals surface area contributed by atoms with Gasteiger partial charge in [-0.1, -0.05) is 74.5 Å². The van der Waals surface area contributed by atoms with Gasteiger partial charge in [0.2, 0.25) is 47.3 Å². The number of benzene rings is 2. The Morgan fingerprint density at radius 3 is 1.26 bits per heavy atom. The lowest BCUT2D eigenvalue weighted by Gasteiger charge is -2.28. The zero-order valence-corrected chi connectivity index (χ0v) is 41.5. The van der Waals surface area contributed by atoms with Crippen LogP contribution >= 0.6 is 0 Å². The van der Waals surface area contributed by atoms with Crippen molar-refractivity contribution in [3.63, 3.8) is 0 Å². The van der Waals surface area contributed by atoms with E-state index in [4.69, 9.17) is 33.8 Å². The minimum Gasteiger partial charge on any atom is -0.480 e. The van der Waals surface area contributed by atoms with Crippen molar-refractivity contribution >= 4 is 65.1 Å². The molecule has 0 saturated carbocycles. The SMILES string of the molecule is CC(C)[C@H](N)C(=O)N[C@@H](Cc1ccccc1)C(=O)N[C@@H](Cc1ccccc1)C(=O)N[C@@H](CCCNC(=N)N)C(=O)N[C@@H](CCCNC(=N)N)C(=O)N[C@@H](CCC(N)=O)C(=O)N[C@H](C(=O)N[C@@H](C)C(=O)O)[C@@H](C)O. The molecule has 0 aromatic heterocycles. The molecule has 0 unspecified atom stereocenters. The number of hydrogen-bond acceptors (Lipinski definition) is 13. The van der Waals surface area contributed by atoms with Gasteiger partial charge in [-0.05, 0) is 63.0 Å². The molecule has 8 amide bonds. The molecule has 73 heavy (non-hydrogen) atoms. The molecular weight excluding hydrogens is 951 g/mol. The molecule has 402 valence electrons. The number of amides is 8. The summed E-state index contributed by atoms with van der Waals surface area (Å²) in [5.74, 6) is -9.60. The van der Waals surface area contributed by atoms with Crippen molar-refractivity contribution in [2.24, 2.45) is 28.9 Å². The van der Waals surface area contributed by atoms with Crippen molar-refractivity contribution in [3.05, 3.63) is 71.8 Å². The van der Waals surface area contributed by atoms with E-state index in [1.807, 2.05) is 0 Å². The maximum Gasteiger partial charge on any atom is 0.325 e. The summed E-state index contributed by atoms with van der Waals surface area (Å²) in [6, 6.07) is 6.19. The number of carbonyl (C=O) groups excluding carboxylic acids is 8. The van der Waals surface area contributed by atoms with Crippen molar-refractivity contribution in [3.8, 4) is 0 Å². The van der Waals surface area contributed by atoms with Crippen LogP contribution < -0.4 is 70.8 Å². The summed E-state index contributed by atoms with van der Waals surface area (Å²) in [6.45, 7) is 5.88. The number of nitrogens with two attached hydrogens (primary N) is 4. The molecule has 0 spiro atoms. The third-order valence-corrected chi connectivity index (χ3v) is 11.2. The van der Waals surface area contributed by atoms with E-state index in [0.717, 1.165) is 13.8 Å². The van der Waals surface area contributed by atoms with Gasteiger partial charge in [0, 0.05) is 32.4 Å². The van der Waals surface area contributed by atoms with Gasteiger partial charge in [-0.3, -0.25) is 54.0 Å². The van der Waals surface area contributed by atoms with Crippen LogP contribution in [0.4, 0.5) is 0 Å². The number of aliphatic carboxylic acids is 1. The third-order valence-electron chi connectivity index (χ3n) is 11.2. The summed E-state index contributed by atoms with van der Waals surface area (Å²) in [5, 5.41) is 57.5. The fourth-order valence-corrected chi connectivity index (χ4v) is 6.95. The molecule has 9 atom stereocenters. The highest BCUT2D eigenvalue weighted by atomic mass is 16.4. The first-order chi connectivity index (χ1) is 34.4. The molecule has 0 radical (unpaired) electrons. The highest BCUT2D eigenvalue weighted by Crippen LogP contribution is 2.11. The number of primary amides is 1. The molecule has 0 bridgehead atoms. The van der Waals surface area contributed by atoms with Crippen molar-refractivity contribution in [1.29, 1.82) is 10.8 Å². The van der Waals surface area contributed by atoms with E-state index in [1.54, 1.807) is 74.5 Å². The molecule has 26 nitrogen and oxygen atoms in total. The zero-order chi connectivity index (χ0) is 54.8.